The molecule has 2 heteroatoms. The maximum absolute atomic E-state index is 6.36. The molecule has 0 spiro atoms. The zero-order valence-corrected chi connectivity index (χ0v) is 12.4. The van der Waals surface area contributed by atoms with E-state index in [1.54, 1.807) is 0 Å². The predicted octanol–water partition coefficient (Wildman–Crippen LogP) is 4.31. The second-order valence-corrected chi connectivity index (χ2v) is 6.56. The van der Waals surface area contributed by atoms with Gasteiger partial charge >= 0.3 is 0 Å². The van der Waals surface area contributed by atoms with Crippen molar-refractivity contribution in [1.82, 2.24) is 4.98 Å². The van der Waals surface area contributed by atoms with Gasteiger partial charge in [0.15, 0.2) is 0 Å². The topological polar surface area (TPSA) is 38.9 Å². The molecule has 0 fully saturated rings. The van der Waals surface area contributed by atoms with Crippen LogP contribution in [0, 0.1) is 11.3 Å². The van der Waals surface area contributed by atoms with Gasteiger partial charge in [-0.2, -0.15) is 0 Å². The van der Waals surface area contributed by atoms with Crippen LogP contribution in [0.5, 0.6) is 0 Å². The first-order valence-corrected chi connectivity index (χ1v) is 6.98. The number of benzene rings is 1. The Morgan fingerprint density at radius 3 is 2.63 bits per heavy atom. The van der Waals surface area contributed by atoms with Gasteiger partial charge in [0.05, 0.1) is 5.52 Å². The highest BCUT2D eigenvalue weighted by molar-refractivity contribution is 5.79. The minimum absolute atomic E-state index is 0.0961. The molecule has 102 valence electrons. The average Bonchev–Trinajstić information content (AvgIpc) is 2.37. The van der Waals surface area contributed by atoms with E-state index in [-0.39, 0.29) is 6.04 Å². The van der Waals surface area contributed by atoms with Crippen LogP contribution in [0.3, 0.4) is 0 Å². The van der Waals surface area contributed by atoms with Crippen molar-refractivity contribution in [2.75, 3.05) is 0 Å². The van der Waals surface area contributed by atoms with Gasteiger partial charge in [-0.05, 0) is 41.5 Å². The van der Waals surface area contributed by atoms with E-state index in [1.165, 1.54) is 10.9 Å². The molecular weight excluding hydrogens is 232 g/mol. The Balaban J connectivity index is 2.19. The van der Waals surface area contributed by atoms with Gasteiger partial charge in [0.2, 0.25) is 0 Å². The van der Waals surface area contributed by atoms with E-state index in [0.29, 0.717) is 11.3 Å². The first-order chi connectivity index (χ1) is 8.88. The summed E-state index contributed by atoms with van der Waals surface area (Å²) in [6, 6.07) is 10.5. The summed E-state index contributed by atoms with van der Waals surface area (Å²) >= 11 is 0. The lowest BCUT2D eigenvalue weighted by atomic mass is 9.78. The van der Waals surface area contributed by atoms with Crippen molar-refractivity contribution in [2.24, 2.45) is 17.1 Å². The molecule has 1 aromatic heterocycles. The van der Waals surface area contributed by atoms with Gasteiger partial charge in [-0.15, -0.1) is 0 Å². The minimum atomic E-state index is 0.0961. The zero-order valence-electron chi connectivity index (χ0n) is 12.4. The number of nitrogens with two attached hydrogens (primary N) is 1. The molecule has 0 saturated heterocycles. The average molecular weight is 256 g/mol. The van der Waals surface area contributed by atoms with Crippen LogP contribution in [0.15, 0.2) is 36.5 Å². The second kappa shape index (κ2) is 5.30. The largest absolute Gasteiger partial charge is 0.324 e. The maximum Gasteiger partial charge on any atom is 0.0702 e. The highest BCUT2D eigenvalue weighted by atomic mass is 14.7. The second-order valence-electron chi connectivity index (χ2n) is 6.56. The molecule has 0 aliphatic rings. The van der Waals surface area contributed by atoms with Gasteiger partial charge in [0.25, 0.3) is 0 Å². The lowest BCUT2D eigenvalue weighted by molar-refractivity contribution is 0.234. The molecule has 2 N–H and O–H groups in total. The number of pyridine rings is 1. The summed E-state index contributed by atoms with van der Waals surface area (Å²) in [5.41, 5.74) is 8.90. The van der Waals surface area contributed by atoms with Crippen LogP contribution >= 0.6 is 0 Å². The van der Waals surface area contributed by atoms with E-state index in [4.69, 9.17) is 5.73 Å². The fourth-order valence-corrected chi connectivity index (χ4v) is 2.20. The summed E-state index contributed by atoms with van der Waals surface area (Å²) in [6.07, 6.45) is 2.83. The summed E-state index contributed by atoms with van der Waals surface area (Å²) in [5.74, 6) is 0.590. The molecular formula is C17H24N2. The molecule has 0 aliphatic carbocycles. The number of hydrogen-bond donors (Lipinski definition) is 1. The van der Waals surface area contributed by atoms with Gasteiger partial charge < -0.3 is 5.73 Å². The fraction of sp³-hybridized carbons (Fsp3) is 0.471. The van der Waals surface area contributed by atoms with E-state index < -0.39 is 0 Å². The lowest BCUT2D eigenvalue weighted by Crippen LogP contribution is -2.23. The SMILES string of the molecule is CC(CC(N)c1ccc2ncccc2c1)C(C)(C)C. The Morgan fingerprint density at radius 2 is 1.95 bits per heavy atom. The normalized spacial score (nSPS) is 15.4. The van der Waals surface area contributed by atoms with Crippen molar-refractivity contribution in [3.8, 4) is 0 Å². The highest BCUT2D eigenvalue weighted by Gasteiger charge is 2.22. The number of nitrogens with zero attached hydrogens (tertiary/aromatic N) is 1. The molecule has 0 amide bonds. The zero-order chi connectivity index (χ0) is 14.0. The smallest absolute Gasteiger partial charge is 0.0702 e. The maximum atomic E-state index is 6.36. The van der Waals surface area contributed by atoms with Crippen molar-refractivity contribution in [3.63, 3.8) is 0 Å². The molecule has 2 rings (SSSR count). The molecule has 2 nitrogen and oxygen atoms in total. The number of rotatable bonds is 3. The molecule has 0 saturated carbocycles. The third kappa shape index (κ3) is 3.32. The van der Waals surface area contributed by atoms with Crippen LogP contribution in [-0.2, 0) is 0 Å². The van der Waals surface area contributed by atoms with E-state index in [0.717, 1.165) is 11.9 Å². The van der Waals surface area contributed by atoms with Crippen LogP contribution in [-0.4, -0.2) is 4.98 Å². The molecule has 0 radical (unpaired) electrons. The lowest BCUT2D eigenvalue weighted by Gasteiger charge is -2.29. The van der Waals surface area contributed by atoms with E-state index in [2.05, 4.69) is 56.9 Å². The first kappa shape index (κ1) is 14.0. The van der Waals surface area contributed by atoms with Crippen LogP contribution in [0.1, 0.15) is 45.7 Å². The fourth-order valence-electron chi connectivity index (χ4n) is 2.20. The molecule has 2 aromatic rings. The number of aromatic nitrogens is 1. The van der Waals surface area contributed by atoms with Crippen molar-refractivity contribution >= 4 is 10.9 Å². The van der Waals surface area contributed by atoms with E-state index >= 15 is 0 Å². The standard InChI is InChI=1S/C17H24N2/c1-12(17(2,3)4)10-15(18)13-7-8-16-14(11-13)6-5-9-19-16/h5-9,11-12,15H,10,18H2,1-4H3. The summed E-state index contributed by atoms with van der Waals surface area (Å²) in [4.78, 5) is 4.34. The molecule has 19 heavy (non-hydrogen) atoms. The Morgan fingerprint density at radius 1 is 1.21 bits per heavy atom. The van der Waals surface area contributed by atoms with Crippen molar-refractivity contribution in [2.45, 2.75) is 40.2 Å². The predicted molar refractivity (Wildman–Crippen MR) is 81.9 cm³/mol. The Kier molecular flexibility index (Phi) is 3.91. The van der Waals surface area contributed by atoms with E-state index in [1.807, 2.05) is 12.3 Å². The Labute approximate surface area is 116 Å². The summed E-state index contributed by atoms with van der Waals surface area (Å²) in [7, 11) is 0. The van der Waals surface area contributed by atoms with Crippen molar-refractivity contribution < 1.29 is 0 Å². The third-order valence-corrected chi connectivity index (χ3v) is 4.14. The van der Waals surface area contributed by atoms with Crippen LogP contribution < -0.4 is 5.73 Å². The summed E-state index contributed by atoms with van der Waals surface area (Å²) in [6.45, 7) is 9.10. The highest BCUT2D eigenvalue weighted by Crippen LogP contribution is 2.32. The van der Waals surface area contributed by atoms with Gasteiger partial charge in [0.1, 0.15) is 0 Å². The molecule has 2 unspecified atom stereocenters. The Bertz CT molecular complexity index is 554. The van der Waals surface area contributed by atoms with Gasteiger partial charge in [-0.3, -0.25) is 4.98 Å². The molecule has 1 aromatic carbocycles. The van der Waals surface area contributed by atoms with Crippen molar-refractivity contribution in [3.05, 3.63) is 42.1 Å². The molecule has 2 atom stereocenters. The third-order valence-electron chi connectivity index (χ3n) is 4.14. The van der Waals surface area contributed by atoms with Gasteiger partial charge in [0, 0.05) is 17.6 Å². The molecule has 0 aliphatic heterocycles. The van der Waals surface area contributed by atoms with Crippen LogP contribution in [0.2, 0.25) is 0 Å². The van der Waals surface area contributed by atoms with Crippen LogP contribution in [0.4, 0.5) is 0 Å². The number of fused-ring (bicyclic) bond motifs is 1. The number of hydrogen-bond acceptors (Lipinski definition) is 2. The quantitative estimate of drug-likeness (QED) is 0.889. The monoisotopic (exact) mass is 256 g/mol. The van der Waals surface area contributed by atoms with Crippen LogP contribution in [0.25, 0.3) is 10.9 Å². The Hall–Kier alpha value is -1.41. The van der Waals surface area contributed by atoms with Gasteiger partial charge in [-0.1, -0.05) is 39.8 Å². The summed E-state index contributed by atoms with van der Waals surface area (Å²) in [5, 5.41) is 1.17. The summed E-state index contributed by atoms with van der Waals surface area (Å²) < 4.78 is 0. The van der Waals surface area contributed by atoms with Crippen molar-refractivity contribution in [1.29, 1.82) is 0 Å². The first-order valence-electron chi connectivity index (χ1n) is 6.98. The molecule has 1 heterocycles. The van der Waals surface area contributed by atoms with E-state index in [9.17, 15) is 0 Å². The van der Waals surface area contributed by atoms with Gasteiger partial charge in [-0.25, -0.2) is 0 Å². The molecule has 0 bridgehead atoms. The minimum Gasteiger partial charge on any atom is -0.324 e.